The van der Waals surface area contributed by atoms with E-state index < -0.39 is 11.9 Å². The number of carbonyl (C=O) groups is 2. The fourth-order valence-corrected chi connectivity index (χ4v) is 1.24. The van der Waals surface area contributed by atoms with Crippen LogP contribution in [0, 0.1) is 0 Å². The zero-order valence-electron chi connectivity index (χ0n) is 7.39. The summed E-state index contributed by atoms with van der Waals surface area (Å²) in [6, 6.07) is 4.23. The normalized spacial score (nSPS) is 10.4. The molecule has 15 heavy (non-hydrogen) atoms. The molecule has 0 fully saturated rings. The van der Waals surface area contributed by atoms with Gasteiger partial charge in [0.05, 0.1) is 0 Å². The molecule has 0 saturated carbocycles. The zero-order valence-corrected chi connectivity index (χ0v) is 7.39. The number of carboxylic acids is 2. The molecule has 2 aromatic heterocycles. The van der Waals surface area contributed by atoms with Gasteiger partial charge in [0, 0.05) is 5.39 Å². The topological polar surface area (TPSA) is 103 Å². The van der Waals surface area contributed by atoms with Crippen molar-refractivity contribution >= 4 is 23.0 Å². The highest BCUT2D eigenvalue weighted by Gasteiger charge is 2.10. The number of hydrogen-bond donors (Lipinski definition) is 3. The van der Waals surface area contributed by atoms with Crippen LogP contribution in [-0.4, -0.2) is 32.1 Å². The molecule has 2 heterocycles. The fraction of sp³-hybridized carbons (Fsp3) is 0. The van der Waals surface area contributed by atoms with Gasteiger partial charge in [0.1, 0.15) is 11.3 Å². The third kappa shape index (κ3) is 1.52. The Bertz CT molecular complexity index is 546. The van der Waals surface area contributed by atoms with Crippen molar-refractivity contribution in [3.05, 3.63) is 29.6 Å². The van der Waals surface area contributed by atoms with Gasteiger partial charge in [-0.25, -0.2) is 14.6 Å². The number of nitrogens with zero attached hydrogens (tertiary/aromatic N) is 1. The second-order valence-electron chi connectivity index (χ2n) is 2.93. The number of pyridine rings is 1. The van der Waals surface area contributed by atoms with Gasteiger partial charge in [-0.15, -0.1) is 0 Å². The first-order valence-electron chi connectivity index (χ1n) is 4.04. The van der Waals surface area contributed by atoms with E-state index in [1.165, 1.54) is 18.2 Å². The lowest BCUT2D eigenvalue weighted by atomic mass is 10.3. The molecule has 76 valence electrons. The van der Waals surface area contributed by atoms with Gasteiger partial charge in [0.25, 0.3) is 0 Å². The highest BCUT2D eigenvalue weighted by Crippen LogP contribution is 2.13. The van der Waals surface area contributed by atoms with Crippen LogP contribution in [0.4, 0.5) is 0 Å². The summed E-state index contributed by atoms with van der Waals surface area (Å²) < 4.78 is 0. The van der Waals surface area contributed by atoms with Crippen LogP contribution in [0.3, 0.4) is 0 Å². The number of rotatable bonds is 2. The first kappa shape index (κ1) is 9.20. The van der Waals surface area contributed by atoms with E-state index >= 15 is 0 Å². The molecular weight excluding hydrogens is 200 g/mol. The van der Waals surface area contributed by atoms with Gasteiger partial charge in [-0.05, 0) is 18.2 Å². The minimum absolute atomic E-state index is 0.0139. The van der Waals surface area contributed by atoms with Crippen molar-refractivity contribution in [1.82, 2.24) is 9.97 Å². The average molecular weight is 206 g/mol. The molecule has 0 aromatic carbocycles. The summed E-state index contributed by atoms with van der Waals surface area (Å²) in [7, 11) is 0. The molecule has 0 saturated heterocycles. The largest absolute Gasteiger partial charge is 0.477 e. The van der Waals surface area contributed by atoms with Gasteiger partial charge >= 0.3 is 11.9 Å². The van der Waals surface area contributed by atoms with Crippen molar-refractivity contribution in [2.24, 2.45) is 0 Å². The molecule has 0 amide bonds. The number of aromatic carboxylic acids is 2. The van der Waals surface area contributed by atoms with E-state index in [9.17, 15) is 9.59 Å². The van der Waals surface area contributed by atoms with E-state index in [1.54, 1.807) is 0 Å². The first-order valence-corrected chi connectivity index (χ1v) is 4.04. The van der Waals surface area contributed by atoms with Crippen LogP contribution in [0.2, 0.25) is 0 Å². The summed E-state index contributed by atoms with van der Waals surface area (Å²) in [5.74, 6) is -2.26. The van der Waals surface area contributed by atoms with Gasteiger partial charge in [-0.3, -0.25) is 0 Å². The Morgan fingerprint density at radius 2 is 1.93 bits per heavy atom. The molecule has 3 N–H and O–H groups in total. The van der Waals surface area contributed by atoms with Crippen molar-refractivity contribution in [3.8, 4) is 0 Å². The number of nitrogens with one attached hydrogen (secondary N) is 1. The van der Waals surface area contributed by atoms with Crippen LogP contribution >= 0.6 is 0 Å². The molecular formula is C9H6N2O4. The van der Waals surface area contributed by atoms with Crippen LogP contribution < -0.4 is 0 Å². The number of fused-ring (bicyclic) bond motifs is 1. The maximum atomic E-state index is 10.6. The van der Waals surface area contributed by atoms with E-state index in [1.807, 2.05) is 0 Å². The van der Waals surface area contributed by atoms with Crippen molar-refractivity contribution < 1.29 is 19.8 Å². The number of aromatic amines is 1. The highest BCUT2D eigenvalue weighted by atomic mass is 16.4. The maximum absolute atomic E-state index is 10.6. The first-order chi connectivity index (χ1) is 7.08. The predicted octanol–water partition coefficient (Wildman–Crippen LogP) is 0.959. The van der Waals surface area contributed by atoms with E-state index in [0.717, 1.165) is 0 Å². The van der Waals surface area contributed by atoms with Crippen molar-refractivity contribution in [3.63, 3.8) is 0 Å². The Kier molecular flexibility index (Phi) is 1.89. The van der Waals surface area contributed by atoms with E-state index in [4.69, 9.17) is 10.2 Å². The Hall–Kier alpha value is -2.37. The molecule has 2 rings (SSSR count). The Morgan fingerprint density at radius 3 is 2.53 bits per heavy atom. The SMILES string of the molecule is O=C(O)c1ccc2cc(C(=O)O)[nH]c2n1. The van der Waals surface area contributed by atoms with Gasteiger partial charge < -0.3 is 15.2 Å². The van der Waals surface area contributed by atoms with Crippen LogP contribution in [-0.2, 0) is 0 Å². The zero-order chi connectivity index (χ0) is 11.0. The van der Waals surface area contributed by atoms with Crippen LogP contribution in [0.5, 0.6) is 0 Å². The molecule has 0 bridgehead atoms. The minimum atomic E-state index is -1.15. The lowest BCUT2D eigenvalue weighted by molar-refractivity contribution is 0.0681. The summed E-state index contributed by atoms with van der Waals surface area (Å²) in [6.45, 7) is 0. The van der Waals surface area contributed by atoms with E-state index in [0.29, 0.717) is 5.39 Å². The molecule has 6 nitrogen and oxygen atoms in total. The molecule has 0 aliphatic rings. The van der Waals surface area contributed by atoms with Crippen LogP contribution in [0.25, 0.3) is 11.0 Å². The van der Waals surface area contributed by atoms with Gasteiger partial charge in [-0.2, -0.15) is 0 Å². The summed E-state index contributed by atoms with van der Waals surface area (Å²) in [4.78, 5) is 27.5. The average Bonchev–Trinajstić information content (AvgIpc) is 2.59. The lowest BCUT2D eigenvalue weighted by Gasteiger charge is -1.92. The Labute approximate surface area is 83.2 Å². The van der Waals surface area contributed by atoms with Crippen molar-refractivity contribution in [2.45, 2.75) is 0 Å². The standard InChI is InChI=1S/C9H6N2O4/c12-8(13)5-2-1-4-3-6(9(14)15)11-7(4)10-5/h1-3H,(H,10,11)(H,12,13)(H,14,15). The molecule has 0 unspecified atom stereocenters. The maximum Gasteiger partial charge on any atom is 0.354 e. The Morgan fingerprint density at radius 1 is 1.20 bits per heavy atom. The monoisotopic (exact) mass is 206 g/mol. The summed E-state index contributed by atoms with van der Waals surface area (Å²) >= 11 is 0. The summed E-state index contributed by atoms with van der Waals surface area (Å²) in [6.07, 6.45) is 0. The van der Waals surface area contributed by atoms with Gasteiger partial charge in [0.15, 0.2) is 5.69 Å². The molecule has 0 atom stereocenters. The molecule has 6 heteroatoms. The smallest absolute Gasteiger partial charge is 0.354 e. The summed E-state index contributed by atoms with van der Waals surface area (Å²) in [5.41, 5.74) is 0.119. The predicted molar refractivity (Wildman–Crippen MR) is 50.0 cm³/mol. The van der Waals surface area contributed by atoms with Gasteiger partial charge in [0.2, 0.25) is 0 Å². The number of aromatic nitrogens is 2. The number of hydrogen-bond acceptors (Lipinski definition) is 3. The molecule has 2 aromatic rings. The van der Waals surface area contributed by atoms with E-state index in [2.05, 4.69) is 9.97 Å². The molecule has 0 radical (unpaired) electrons. The molecule has 0 aliphatic heterocycles. The second-order valence-corrected chi connectivity index (χ2v) is 2.93. The van der Waals surface area contributed by atoms with Crippen molar-refractivity contribution in [1.29, 1.82) is 0 Å². The highest BCUT2D eigenvalue weighted by molar-refractivity contribution is 5.94. The summed E-state index contributed by atoms with van der Waals surface area (Å²) in [5, 5.41) is 17.9. The number of carboxylic acid groups (broad SMARTS) is 2. The third-order valence-corrected chi connectivity index (χ3v) is 1.93. The minimum Gasteiger partial charge on any atom is -0.477 e. The quantitative estimate of drug-likeness (QED) is 0.678. The van der Waals surface area contributed by atoms with Crippen molar-refractivity contribution in [2.75, 3.05) is 0 Å². The number of H-pyrrole nitrogens is 1. The second kappa shape index (κ2) is 3.09. The lowest BCUT2D eigenvalue weighted by Crippen LogP contribution is -1.99. The van der Waals surface area contributed by atoms with Crippen LogP contribution in [0.15, 0.2) is 18.2 Å². The van der Waals surface area contributed by atoms with E-state index in [-0.39, 0.29) is 17.0 Å². The third-order valence-electron chi connectivity index (χ3n) is 1.93. The van der Waals surface area contributed by atoms with Crippen LogP contribution in [0.1, 0.15) is 21.0 Å². The van der Waals surface area contributed by atoms with Gasteiger partial charge in [-0.1, -0.05) is 0 Å². The Balaban J connectivity index is 2.62. The molecule has 0 aliphatic carbocycles. The molecule has 0 spiro atoms. The fourth-order valence-electron chi connectivity index (χ4n) is 1.24.